The van der Waals surface area contributed by atoms with Gasteiger partial charge in [-0.3, -0.25) is 14.3 Å². The molecule has 10 heteroatoms. The van der Waals surface area contributed by atoms with Gasteiger partial charge in [0.05, 0.1) is 10.5 Å². The highest BCUT2D eigenvalue weighted by atomic mass is 32.2. The van der Waals surface area contributed by atoms with E-state index in [-0.39, 0.29) is 34.2 Å². The summed E-state index contributed by atoms with van der Waals surface area (Å²) in [5.41, 5.74) is -0.00816. The molecular formula is C21H22FN3O5S. The first-order valence-electron chi connectivity index (χ1n) is 9.60. The van der Waals surface area contributed by atoms with Crippen molar-refractivity contribution in [2.24, 2.45) is 0 Å². The number of halogens is 1. The summed E-state index contributed by atoms with van der Waals surface area (Å²) in [5.74, 6) is -1.04. The normalized spacial score (nSPS) is 12.5. The fraction of sp³-hybridized carbons (Fsp3) is 0.238. The molecule has 1 heterocycles. The third kappa shape index (κ3) is 5.28. The number of H-pyrrole nitrogens is 1. The lowest BCUT2D eigenvalue weighted by atomic mass is 10.1. The maximum absolute atomic E-state index is 13.1. The maximum atomic E-state index is 13.1. The lowest BCUT2D eigenvalue weighted by Gasteiger charge is -2.16. The van der Waals surface area contributed by atoms with Gasteiger partial charge in [0, 0.05) is 35.3 Å². The Morgan fingerprint density at radius 3 is 2.52 bits per heavy atom. The molecule has 0 aliphatic rings. The van der Waals surface area contributed by atoms with Crippen LogP contribution in [0, 0.1) is 5.82 Å². The number of rotatable bonds is 8. The van der Waals surface area contributed by atoms with Crippen LogP contribution < -0.4 is 15.6 Å². The number of aromatic amines is 1. The van der Waals surface area contributed by atoms with Gasteiger partial charge in [-0.1, -0.05) is 6.92 Å². The number of nitrogens with one attached hydrogen (secondary N) is 3. The summed E-state index contributed by atoms with van der Waals surface area (Å²) in [6, 6.07) is 9.63. The van der Waals surface area contributed by atoms with Gasteiger partial charge < -0.3 is 15.4 Å². The summed E-state index contributed by atoms with van der Waals surface area (Å²) < 4.78 is 41.0. The Bertz CT molecular complexity index is 1260. The number of aromatic nitrogens is 1. The minimum absolute atomic E-state index is 0.0222. The Balaban J connectivity index is 2.01. The molecule has 0 spiro atoms. The first kappa shape index (κ1) is 22.4. The molecule has 31 heavy (non-hydrogen) atoms. The molecule has 4 N–H and O–H groups in total. The molecule has 1 atom stereocenters. The number of carbonyl (C=O) groups is 1. The Morgan fingerprint density at radius 1 is 1.16 bits per heavy atom. The molecule has 0 radical (unpaired) electrons. The quantitative estimate of drug-likeness (QED) is 0.421. The zero-order valence-electron chi connectivity index (χ0n) is 16.7. The van der Waals surface area contributed by atoms with E-state index in [1.54, 1.807) is 0 Å². The zero-order valence-corrected chi connectivity index (χ0v) is 17.5. The molecule has 1 amide bonds. The molecule has 0 saturated heterocycles. The number of pyridine rings is 1. The summed E-state index contributed by atoms with van der Waals surface area (Å²) >= 11 is 0. The Labute approximate surface area is 178 Å². The van der Waals surface area contributed by atoms with Crippen LogP contribution >= 0.6 is 0 Å². The number of carbonyl (C=O) groups excluding carboxylic acids is 1. The van der Waals surface area contributed by atoms with Crippen molar-refractivity contribution < 1.29 is 22.7 Å². The van der Waals surface area contributed by atoms with Crippen molar-refractivity contribution in [3.05, 3.63) is 70.3 Å². The van der Waals surface area contributed by atoms with Crippen molar-refractivity contribution in [1.29, 1.82) is 0 Å². The third-order valence-corrected chi connectivity index (χ3v) is 6.15. The SMILES string of the molecule is CC[C@@H](CCO)NC(=O)c1cc(=O)[nH]c2ccc(S(=O)(=O)Nc3ccc(F)cc3)cc12. The van der Waals surface area contributed by atoms with E-state index >= 15 is 0 Å². The molecule has 0 aliphatic carbocycles. The molecule has 0 bridgehead atoms. The van der Waals surface area contributed by atoms with Gasteiger partial charge in [0.1, 0.15) is 5.82 Å². The number of amides is 1. The molecule has 0 aliphatic heterocycles. The van der Waals surface area contributed by atoms with Crippen LogP contribution in [0.4, 0.5) is 10.1 Å². The van der Waals surface area contributed by atoms with Crippen LogP contribution in [0.3, 0.4) is 0 Å². The Morgan fingerprint density at radius 2 is 1.87 bits per heavy atom. The predicted octanol–water partition coefficient (Wildman–Crippen LogP) is 2.36. The lowest BCUT2D eigenvalue weighted by molar-refractivity contribution is 0.0930. The van der Waals surface area contributed by atoms with Crippen molar-refractivity contribution in [3.63, 3.8) is 0 Å². The maximum Gasteiger partial charge on any atom is 0.261 e. The fourth-order valence-corrected chi connectivity index (χ4v) is 4.20. The molecule has 8 nitrogen and oxygen atoms in total. The largest absolute Gasteiger partial charge is 0.396 e. The second-order valence-electron chi connectivity index (χ2n) is 6.96. The number of fused-ring (bicyclic) bond motifs is 1. The van der Waals surface area contributed by atoms with Gasteiger partial charge in [-0.15, -0.1) is 0 Å². The molecule has 3 aromatic rings. The van der Waals surface area contributed by atoms with E-state index in [4.69, 9.17) is 5.11 Å². The monoisotopic (exact) mass is 447 g/mol. The van der Waals surface area contributed by atoms with Crippen molar-refractivity contribution in [3.8, 4) is 0 Å². The highest BCUT2D eigenvalue weighted by molar-refractivity contribution is 7.92. The van der Waals surface area contributed by atoms with Gasteiger partial charge >= 0.3 is 0 Å². The van der Waals surface area contributed by atoms with Crippen LogP contribution in [-0.4, -0.2) is 37.1 Å². The van der Waals surface area contributed by atoms with Crippen LogP contribution in [0.5, 0.6) is 0 Å². The molecular weight excluding hydrogens is 425 g/mol. The van der Waals surface area contributed by atoms with Crippen LogP contribution in [0.2, 0.25) is 0 Å². The van der Waals surface area contributed by atoms with E-state index in [2.05, 4.69) is 15.0 Å². The van der Waals surface area contributed by atoms with E-state index in [0.29, 0.717) is 18.4 Å². The lowest BCUT2D eigenvalue weighted by Crippen LogP contribution is -2.35. The Kier molecular flexibility index (Phi) is 6.71. The van der Waals surface area contributed by atoms with Crippen LogP contribution in [0.15, 0.2) is 58.2 Å². The van der Waals surface area contributed by atoms with Gasteiger partial charge in [0.25, 0.3) is 15.9 Å². The molecule has 2 aromatic carbocycles. The van der Waals surface area contributed by atoms with Gasteiger partial charge in [-0.05, 0) is 55.3 Å². The number of hydrogen-bond donors (Lipinski definition) is 4. The van der Waals surface area contributed by atoms with E-state index in [0.717, 1.165) is 18.2 Å². The number of anilines is 1. The molecule has 0 unspecified atom stereocenters. The number of sulfonamides is 1. The van der Waals surface area contributed by atoms with Crippen molar-refractivity contribution in [1.82, 2.24) is 10.3 Å². The van der Waals surface area contributed by atoms with E-state index < -0.39 is 27.3 Å². The summed E-state index contributed by atoms with van der Waals surface area (Å²) in [6.45, 7) is 1.74. The van der Waals surface area contributed by atoms with Crippen molar-refractivity contribution in [2.75, 3.05) is 11.3 Å². The summed E-state index contributed by atoms with van der Waals surface area (Å²) in [4.78, 5) is 27.2. The molecule has 0 saturated carbocycles. The van der Waals surface area contributed by atoms with E-state index in [1.807, 2.05) is 6.92 Å². The second kappa shape index (κ2) is 9.27. The van der Waals surface area contributed by atoms with Crippen LogP contribution in [0.1, 0.15) is 30.1 Å². The number of aliphatic hydroxyl groups excluding tert-OH is 1. The summed E-state index contributed by atoms with van der Waals surface area (Å²) in [5, 5.41) is 12.1. The van der Waals surface area contributed by atoms with Gasteiger partial charge in [0.2, 0.25) is 5.56 Å². The molecule has 3 rings (SSSR count). The van der Waals surface area contributed by atoms with E-state index in [9.17, 15) is 22.4 Å². The van der Waals surface area contributed by atoms with Gasteiger partial charge in [-0.2, -0.15) is 0 Å². The van der Waals surface area contributed by atoms with Crippen LogP contribution in [0.25, 0.3) is 10.9 Å². The predicted molar refractivity (Wildman–Crippen MR) is 115 cm³/mol. The summed E-state index contributed by atoms with van der Waals surface area (Å²) in [6.07, 6.45) is 0.930. The van der Waals surface area contributed by atoms with Crippen LogP contribution in [-0.2, 0) is 10.0 Å². The highest BCUT2D eigenvalue weighted by Crippen LogP contribution is 2.23. The first-order valence-corrected chi connectivity index (χ1v) is 11.1. The zero-order chi connectivity index (χ0) is 22.6. The molecule has 1 aromatic heterocycles. The van der Waals surface area contributed by atoms with Crippen molar-refractivity contribution in [2.45, 2.75) is 30.7 Å². The Hall–Kier alpha value is -3.24. The fourth-order valence-electron chi connectivity index (χ4n) is 3.12. The number of benzene rings is 2. The van der Waals surface area contributed by atoms with Gasteiger partial charge in [0.15, 0.2) is 0 Å². The minimum Gasteiger partial charge on any atom is -0.396 e. The average Bonchev–Trinajstić information content (AvgIpc) is 2.73. The summed E-state index contributed by atoms with van der Waals surface area (Å²) in [7, 11) is -4.04. The number of aliphatic hydroxyl groups is 1. The molecule has 164 valence electrons. The second-order valence-corrected chi connectivity index (χ2v) is 8.64. The van der Waals surface area contributed by atoms with Crippen molar-refractivity contribution >= 4 is 32.5 Å². The van der Waals surface area contributed by atoms with E-state index in [1.165, 1.54) is 30.3 Å². The van der Waals surface area contributed by atoms with Gasteiger partial charge in [-0.25, -0.2) is 12.8 Å². The standard InChI is InChI=1S/C21H22FN3O5S/c1-2-14(9-10-26)23-21(28)18-12-20(27)24-19-8-7-16(11-17(18)19)31(29,30)25-15-5-3-13(22)4-6-15/h3-8,11-12,14,25-26H,2,9-10H2,1H3,(H,23,28)(H,24,27)/t14-/m0/s1. The smallest absolute Gasteiger partial charge is 0.261 e. The molecule has 0 fully saturated rings. The first-order chi connectivity index (χ1) is 14.7. The highest BCUT2D eigenvalue weighted by Gasteiger charge is 2.19. The minimum atomic E-state index is -4.04. The number of hydrogen-bond acceptors (Lipinski definition) is 5. The average molecular weight is 447 g/mol. The third-order valence-electron chi connectivity index (χ3n) is 4.77. The topological polar surface area (TPSA) is 128 Å².